The minimum Gasteiger partial charge on any atom is -0.375 e. The second-order valence-corrected chi connectivity index (χ2v) is 7.36. The summed E-state index contributed by atoms with van der Waals surface area (Å²) in [6.45, 7) is 4.97. The summed E-state index contributed by atoms with van der Waals surface area (Å²) < 4.78 is 26.9. The second-order valence-electron chi connectivity index (χ2n) is 4.37. The molecule has 0 spiro atoms. The third-order valence-electron chi connectivity index (χ3n) is 2.93. The van der Waals surface area contributed by atoms with E-state index in [1.807, 2.05) is 0 Å². The first-order valence-corrected chi connectivity index (χ1v) is 8.24. The molecule has 18 heavy (non-hydrogen) atoms. The predicted molar refractivity (Wildman–Crippen MR) is 72.1 cm³/mol. The maximum atomic E-state index is 12.0. The normalized spacial score (nSPS) is 17.4. The molecule has 0 aromatic carbocycles. The highest BCUT2D eigenvalue weighted by atomic mass is 32.2. The lowest BCUT2D eigenvalue weighted by Crippen LogP contribution is -2.33. The molecule has 0 unspecified atom stereocenters. The summed E-state index contributed by atoms with van der Waals surface area (Å²) >= 11 is 1.01. The molecule has 1 aromatic rings. The third-order valence-corrected chi connectivity index (χ3v) is 5.99. The first-order valence-electron chi connectivity index (χ1n) is 5.94. The standard InChI is InChI=1S/C10H18N4O2S2/c1-8-9(17-10(11)13-8)18(15,16)12-4-7-14-5-2-3-6-14/h12H,2-7H2,1H3,(H2,11,13). The molecule has 2 heterocycles. The summed E-state index contributed by atoms with van der Waals surface area (Å²) in [5.41, 5.74) is 5.98. The van der Waals surface area contributed by atoms with Gasteiger partial charge < -0.3 is 10.6 Å². The summed E-state index contributed by atoms with van der Waals surface area (Å²) in [4.78, 5) is 6.19. The maximum absolute atomic E-state index is 12.0. The zero-order chi connectivity index (χ0) is 13.2. The molecule has 6 nitrogen and oxygen atoms in total. The van der Waals surface area contributed by atoms with Crippen LogP contribution in [-0.2, 0) is 10.0 Å². The number of nitrogens with two attached hydrogens (primary N) is 1. The van der Waals surface area contributed by atoms with Crippen molar-refractivity contribution in [2.24, 2.45) is 0 Å². The SMILES string of the molecule is Cc1nc(N)sc1S(=O)(=O)NCCN1CCCC1. The van der Waals surface area contributed by atoms with Gasteiger partial charge in [0.1, 0.15) is 0 Å². The van der Waals surface area contributed by atoms with Crippen molar-refractivity contribution < 1.29 is 8.42 Å². The van der Waals surface area contributed by atoms with Crippen molar-refractivity contribution in [2.45, 2.75) is 24.0 Å². The van der Waals surface area contributed by atoms with Gasteiger partial charge in [0.2, 0.25) is 0 Å². The van der Waals surface area contributed by atoms with Crippen LogP contribution in [-0.4, -0.2) is 44.5 Å². The Morgan fingerprint density at radius 2 is 2.11 bits per heavy atom. The Morgan fingerprint density at radius 1 is 1.44 bits per heavy atom. The lowest BCUT2D eigenvalue weighted by Gasteiger charge is -2.14. The van der Waals surface area contributed by atoms with Crippen LogP contribution in [0.5, 0.6) is 0 Å². The quantitative estimate of drug-likeness (QED) is 0.820. The highest BCUT2D eigenvalue weighted by Crippen LogP contribution is 2.24. The molecule has 1 aromatic heterocycles. The Bertz CT molecular complexity index is 506. The fraction of sp³-hybridized carbons (Fsp3) is 0.700. The lowest BCUT2D eigenvalue weighted by atomic mass is 10.4. The number of rotatable bonds is 5. The van der Waals surface area contributed by atoms with Crippen LogP contribution in [0.25, 0.3) is 0 Å². The second kappa shape index (κ2) is 5.52. The topological polar surface area (TPSA) is 88.3 Å². The van der Waals surface area contributed by atoms with E-state index in [2.05, 4.69) is 14.6 Å². The number of nitrogens with zero attached hydrogens (tertiary/aromatic N) is 2. The molecule has 0 saturated carbocycles. The molecule has 2 rings (SSSR count). The molecule has 0 amide bonds. The van der Waals surface area contributed by atoms with Crippen LogP contribution in [0, 0.1) is 6.92 Å². The van der Waals surface area contributed by atoms with Crippen molar-refractivity contribution >= 4 is 26.5 Å². The molecule has 0 aliphatic carbocycles. The Hall–Kier alpha value is -0.700. The molecule has 1 aliphatic rings. The van der Waals surface area contributed by atoms with E-state index in [9.17, 15) is 8.42 Å². The van der Waals surface area contributed by atoms with Crippen LogP contribution in [0.15, 0.2) is 4.21 Å². The average molecular weight is 290 g/mol. The zero-order valence-electron chi connectivity index (χ0n) is 10.3. The number of likely N-dealkylation sites (tertiary alicyclic amines) is 1. The third kappa shape index (κ3) is 3.19. The molecule has 0 atom stereocenters. The van der Waals surface area contributed by atoms with Gasteiger partial charge in [-0.2, -0.15) is 0 Å². The number of sulfonamides is 1. The zero-order valence-corrected chi connectivity index (χ0v) is 12.0. The van der Waals surface area contributed by atoms with E-state index in [1.54, 1.807) is 6.92 Å². The highest BCUT2D eigenvalue weighted by Gasteiger charge is 2.21. The number of aryl methyl sites for hydroxylation is 1. The fourth-order valence-corrected chi connectivity index (χ4v) is 4.43. The summed E-state index contributed by atoms with van der Waals surface area (Å²) in [7, 11) is -3.46. The van der Waals surface area contributed by atoms with Crippen LogP contribution in [0.4, 0.5) is 5.13 Å². The molecular weight excluding hydrogens is 272 g/mol. The Kier molecular flexibility index (Phi) is 4.21. The van der Waals surface area contributed by atoms with Gasteiger partial charge in [0.05, 0.1) is 5.69 Å². The highest BCUT2D eigenvalue weighted by molar-refractivity contribution is 7.91. The monoisotopic (exact) mass is 290 g/mol. The molecule has 1 saturated heterocycles. The van der Waals surface area contributed by atoms with E-state index in [0.29, 0.717) is 12.2 Å². The Labute approximate surface area is 111 Å². The fourth-order valence-electron chi connectivity index (χ4n) is 2.06. The van der Waals surface area contributed by atoms with Gasteiger partial charge in [-0.25, -0.2) is 18.1 Å². The molecule has 1 aliphatic heterocycles. The number of aromatic nitrogens is 1. The number of nitrogens with one attached hydrogen (secondary N) is 1. The van der Waals surface area contributed by atoms with Crippen molar-refractivity contribution in [3.8, 4) is 0 Å². The van der Waals surface area contributed by atoms with Crippen molar-refractivity contribution in [3.05, 3.63) is 5.69 Å². The van der Waals surface area contributed by atoms with Crippen molar-refractivity contribution in [1.82, 2.24) is 14.6 Å². The first kappa shape index (κ1) is 13.7. The molecule has 3 N–H and O–H groups in total. The van der Waals surface area contributed by atoms with Crippen LogP contribution in [0.2, 0.25) is 0 Å². The van der Waals surface area contributed by atoms with Gasteiger partial charge in [-0.1, -0.05) is 11.3 Å². The Balaban J connectivity index is 1.93. The molecule has 0 radical (unpaired) electrons. The van der Waals surface area contributed by atoms with Crippen LogP contribution in [0.1, 0.15) is 18.5 Å². The summed E-state index contributed by atoms with van der Waals surface area (Å²) in [6, 6.07) is 0. The summed E-state index contributed by atoms with van der Waals surface area (Å²) in [5, 5.41) is 0.285. The van der Waals surface area contributed by atoms with E-state index in [4.69, 9.17) is 5.73 Å². The van der Waals surface area contributed by atoms with E-state index < -0.39 is 10.0 Å². The van der Waals surface area contributed by atoms with Gasteiger partial charge in [-0.05, 0) is 32.9 Å². The van der Waals surface area contributed by atoms with Crippen LogP contribution >= 0.6 is 11.3 Å². The number of thiazole rings is 1. The lowest BCUT2D eigenvalue weighted by molar-refractivity contribution is 0.344. The van der Waals surface area contributed by atoms with E-state index in [-0.39, 0.29) is 9.34 Å². The molecule has 8 heteroatoms. The summed E-state index contributed by atoms with van der Waals surface area (Å²) in [6.07, 6.45) is 2.41. The van der Waals surface area contributed by atoms with Crippen molar-refractivity contribution in [3.63, 3.8) is 0 Å². The van der Waals surface area contributed by atoms with E-state index in [0.717, 1.165) is 31.0 Å². The number of nitrogen functional groups attached to an aromatic ring is 1. The van der Waals surface area contributed by atoms with Crippen molar-refractivity contribution in [2.75, 3.05) is 31.9 Å². The smallest absolute Gasteiger partial charge is 0.252 e. The van der Waals surface area contributed by atoms with E-state index in [1.165, 1.54) is 12.8 Å². The molecule has 102 valence electrons. The number of hydrogen-bond acceptors (Lipinski definition) is 6. The first-order chi connectivity index (χ1) is 8.49. The van der Waals surface area contributed by atoms with Gasteiger partial charge in [-0.15, -0.1) is 0 Å². The van der Waals surface area contributed by atoms with Gasteiger partial charge in [0.15, 0.2) is 9.34 Å². The van der Waals surface area contributed by atoms with Crippen LogP contribution in [0.3, 0.4) is 0 Å². The maximum Gasteiger partial charge on any atom is 0.252 e. The minimum absolute atomic E-state index is 0.224. The van der Waals surface area contributed by atoms with Crippen LogP contribution < -0.4 is 10.5 Å². The predicted octanol–water partition coefficient (Wildman–Crippen LogP) is 0.408. The Morgan fingerprint density at radius 3 is 2.67 bits per heavy atom. The van der Waals surface area contributed by atoms with Gasteiger partial charge in [-0.3, -0.25) is 0 Å². The largest absolute Gasteiger partial charge is 0.375 e. The molecular formula is C10H18N4O2S2. The number of hydrogen-bond donors (Lipinski definition) is 2. The average Bonchev–Trinajstić information content (AvgIpc) is 2.88. The van der Waals surface area contributed by atoms with Crippen molar-refractivity contribution in [1.29, 1.82) is 0 Å². The van der Waals surface area contributed by atoms with Gasteiger partial charge >= 0.3 is 0 Å². The minimum atomic E-state index is -3.46. The van der Waals surface area contributed by atoms with Gasteiger partial charge in [0, 0.05) is 13.1 Å². The molecule has 1 fully saturated rings. The summed E-state index contributed by atoms with van der Waals surface area (Å²) in [5.74, 6) is 0. The van der Waals surface area contributed by atoms with Gasteiger partial charge in [0.25, 0.3) is 10.0 Å². The van der Waals surface area contributed by atoms with E-state index >= 15 is 0 Å². The number of anilines is 1. The molecule has 0 bridgehead atoms.